The molecule has 1 heterocycles. The standard InChI is InChI=1S/C12H11FN2O5S/c1-6-11(7(2)20-14-6)21(18,19)15-10-4-3-8(12(16)17)5-9(10)13/h3-5,15H,1-2H3,(H,16,17). The number of aryl methyl sites for hydroxylation is 2. The van der Waals surface area contributed by atoms with Gasteiger partial charge in [-0.1, -0.05) is 5.16 Å². The molecule has 1 aromatic heterocycles. The number of aromatic nitrogens is 1. The lowest BCUT2D eigenvalue weighted by Gasteiger charge is -2.08. The minimum absolute atomic E-state index is 0.0718. The van der Waals surface area contributed by atoms with Gasteiger partial charge < -0.3 is 9.63 Å². The van der Waals surface area contributed by atoms with Crippen LogP contribution in [0.25, 0.3) is 0 Å². The third kappa shape index (κ3) is 2.87. The number of nitrogens with zero attached hydrogens (tertiary/aromatic N) is 1. The first kappa shape index (κ1) is 15.0. The fraction of sp³-hybridized carbons (Fsp3) is 0.167. The van der Waals surface area contributed by atoms with Gasteiger partial charge in [0.05, 0.1) is 11.3 Å². The second kappa shape index (κ2) is 5.17. The van der Waals surface area contributed by atoms with Crippen LogP contribution in [0.2, 0.25) is 0 Å². The maximum atomic E-state index is 13.8. The van der Waals surface area contributed by atoms with Crippen LogP contribution in [0.4, 0.5) is 10.1 Å². The molecule has 0 amide bonds. The van der Waals surface area contributed by atoms with Crippen LogP contribution in [0.5, 0.6) is 0 Å². The number of rotatable bonds is 4. The minimum Gasteiger partial charge on any atom is -0.478 e. The number of benzene rings is 1. The van der Waals surface area contributed by atoms with Crippen LogP contribution < -0.4 is 4.72 Å². The summed E-state index contributed by atoms with van der Waals surface area (Å²) in [5, 5.41) is 12.2. The summed E-state index contributed by atoms with van der Waals surface area (Å²) in [6.45, 7) is 2.85. The number of aromatic carboxylic acids is 1. The Kier molecular flexibility index (Phi) is 3.69. The molecule has 1 aromatic carbocycles. The lowest BCUT2D eigenvalue weighted by molar-refractivity contribution is 0.0696. The molecule has 0 saturated carbocycles. The molecule has 7 nitrogen and oxygen atoms in total. The SMILES string of the molecule is Cc1noc(C)c1S(=O)(=O)Nc1ccc(C(=O)O)cc1F. The van der Waals surface area contributed by atoms with Crippen molar-refractivity contribution in [3.8, 4) is 0 Å². The third-order valence-corrected chi connectivity index (χ3v) is 4.31. The molecule has 112 valence electrons. The molecule has 0 atom stereocenters. The molecule has 0 bridgehead atoms. The van der Waals surface area contributed by atoms with Gasteiger partial charge in [-0.3, -0.25) is 4.72 Å². The van der Waals surface area contributed by atoms with Crippen LogP contribution in [-0.2, 0) is 10.0 Å². The van der Waals surface area contributed by atoms with Crippen molar-refractivity contribution in [2.24, 2.45) is 0 Å². The van der Waals surface area contributed by atoms with Crippen LogP contribution in [0, 0.1) is 19.7 Å². The quantitative estimate of drug-likeness (QED) is 0.892. The van der Waals surface area contributed by atoms with Crippen molar-refractivity contribution in [2.75, 3.05) is 4.72 Å². The van der Waals surface area contributed by atoms with E-state index in [9.17, 15) is 17.6 Å². The largest absolute Gasteiger partial charge is 0.478 e. The lowest BCUT2D eigenvalue weighted by Crippen LogP contribution is -2.15. The van der Waals surface area contributed by atoms with Gasteiger partial charge in [0, 0.05) is 0 Å². The zero-order valence-electron chi connectivity index (χ0n) is 11.0. The van der Waals surface area contributed by atoms with Gasteiger partial charge in [0.2, 0.25) is 0 Å². The highest BCUT2D eigenvalue weighted by Crippen LogP contribution is 2.24. The molecule has 0 aliphatic rings. The zero-order valence-corrected chi connectivity index (χ0v) is 11.9. The number of carbonyl (C=O) groups is 1. The van der Waals surface area contributed by atoms with Crippen molar-refractivity contribution >= 4 is 21.7 Å². The van der Waals surface area contributed by atoms with Crippen LogP contribution in [0.3, 0.4) is 0 Å². The normalized spacial score (nSPS) is 11.4. The second-order valence-corrected chi connectivity index (χ2v) is 5.88. The van der Waals surface area contributed by atoms with Crippen LogP contribution in [0.15, 0.2) is 27.6 Å². The van der Waals surface area contributed by atoms with E-state index in [1.165, 1.54) is 13.8 Å². The number of carboxylic acid groups (broad SMARTS) is 1. The molecule has 0 spiro atoms. The summed E-state index contributed by atoms with van der Waals surface area (Å²) in [6.07, 6.45) is 0. The smallest absolute Gasteiger partial charge is 0.335 e. The number of hydrogen-bond acceptors (Lipinski definition) is 5. The molecule has 0 unspecified atom stereocenters. The summed E-state index contributed by atoms with van der Waals surface area (Å²) >= 11 is 0. The molecule has 0 aliphatic carbocycles. The summed E-state index contributed by atoms with van der Waals surface area (Å²) in [6, 6.07) is 2.86. The number of anilines is 1. The van der Waals surface area contributed by atoms with Crippen LogP contribution >= 0.6 is 0 Å². The molecule has 2 N–H and O–H groups in total. The number of sulfonamides is 1. The van der Waals surface area contributed by atoms with Crippen LogP contribution in [0.1, 0.15) is 21.8 Å². The van der Waals surface area contributed by atoms with Crippen molar-refractivity contribution in [3.05, 3.63) is 41.0 Å². The first-order chi connectivity index (χ1) is 9.72. The van der Waals surface area contributed by atoms with Crippen molar-refractivity contribution in [1.29, 1.82) is 0 Å². The highest BCUT2D eigenvalue weighted by Gasteiger charge is 2.25. The topological polar surface area (TPSA) is 110 Å². The molecule has 0 radical (unpaired) electrons. The highest BCUT2D eigenvalue weighted by molar-refractivity contribution is 7.92. The fourth-order valence-corrected chi connectivity index (χ4v) is 3.18. The molecular weight excluding hydrogens is 303 g/mol. The van der Waals surface area contributed by atoms with Gasteiger partial charge in [-0.15, -0.1) is 0 Å². The first-order valence-corrected chi connectivity index (χ1v) is 7.19. The van der Waals surface area contributed by atoms with Crippen molar-refractivity contribution in [3.63, 3.8) is 0 Å². The second-order valence-electron chi connectivity index (χ2n) is 4.26. The van der Waals surface area contributed by atoms with E-state index in [1.807, 2.05) is 4.72 Å². The Bertz CT molecular complexity index is 794. The Morgan fingerprint density at radius 2 is 2.05 bits per heavy atom. The molecule has 0 fully saturated rings. The van der Waals surface area contributed by atoms with Gasteiger partial charge in [0.25, 0.3) is 10.0 Å². The van der Waals surface area contributed by atoms with E-state index in [1.54, 1.807) is 0 Å². The van der Waals surface area contributed by atoms with E-state index in [4.69, 9.17) is 9.63 Å². The minimum atomic E-state index is -4.08. The summed E-state index contributed by atoms with van der Waals surface area (Å²) < 4.78 is 44.9. The van der Waals surface area contributed by atoms with Gasteiger partial charge >= 0.3 is 5.97 Å². The summed E-state index contributed by atoms with van der Waals surface area (Å²) in [4.78, 5) is 10.5. The molecule has 2 rings (SSSR count). The monoisotopic (exact) mass is 314 g/mol. The number of nitrogens with one attached hydrogen (secondary N) is 1. The molecule has 9 heteroatoms. The molecule has 0 saturated heterocycles. The average molecular weight is 314 g/mol. The summed E-state index contributed by atoms with van der Waals surface area (Å²) in [5.74, 6) is -2.23. The highest BCUT2D eigenvalue weighted by atomic mass is 32.2. The number of halogens is 1. The Balaban J connectivity index is 2.40. The Hall–Kier alpha value is -2.42. The van der Waals surface area contributed by atoms with Crippen molar-refractivity contribution < 1.29 is 27.2 Å². The van der Waals surface area contributed by atoms with Crippen molar-refractivity contribution in [1.82, 2.24) is 5.16 Å². The van der Waals surface area contributed by atoms with E-state index >= 15 is 0 Å². The molecular formula is C12H11FN2O5S. The van der Waals surface area contributed by atoms with Crippen molar-refractivity contribution in [2.45, 2.75) is 18.7 Å². The Labute approximate surface area is 119 Å². The van der Waals surface area contributed by atoms with E-state index < -0.39 is 21.8 Å². The molecule has 0 aliphatic heterocycles. The summed E-state index contributed by atoms with van der Waals surface area (Å²) in [5.41, 5.74) is -0.504. The van der Waals surface area contributed by atoms with E-state index in [0.29, 0.717) is 0 Å². The maximum Gasteiger partial charge on any atom is 0.335 e. The van der Waals surface area contributed by atoms with E-state index in [2.05, 4.69) is 5.16 Å². The fourth-order valence-electron chi connectivity index (χ4n) is 1.78. The zero-order chi connectivity index (χ0) is 15.8. The number of hydrogen-bond donors (Lipinski definition) is 2. The lowest BCUT2D eigenvalue weighted by atomic mass is 10.2. The number of carboxylic acids is 1. The Morgan fingerprint density at radius 1 is 1.38 bits per heavy atom. The van der Waals surface area contributed by atoms with Gasteiger partial charge in [0.1, 0.15) is 11.5 Å². The predicted molar refractivity (Wildman–Crippen MR) is 70.1 cm³/mol. The molecule has 2 aromatic rings. The van der Waals surface area contributed by atoms with Gasteiger partial charge in [-0.05, 0) is 32.0 Å². The Morgan fingerprint density at radius 3 is 2.52 bits per heavy atom. The first-order valence-electron chi connectivity index (χ1n) is 5.71. The van der Waals surface area contributed by atoms with Gasteiger partial charge in [-0.2, -0.15) is 0 Å². The third-order valence-electron chi connectivity index (χ3n) is 2.70. The van der Waals surface area contributed by atoms with Gasteiger partial charge in [0.15, 0.2) is 10.7 Å². The average Bonchev–Trinajstić information content (AvgIpc) is 2.71. The predicted octanol–water partition coefficient (Wildman–Crippen LogP) is 1.93. The maximum absolute atomic E-state index is 13.8. The van der Waals surface area contributed by atoms with Gasteiger partial charge in [-0.25, -0.2) is 17.6 Å². The van der Waals surface area contributed by atoms with Crippen LogP contribution in [-0.4, -0.2) is 24.7 Å². The van der Waals surface area contributed by atoms with E-state index in [0.717, 1.165) is 18.2 Å². The summed E-state index contributed by atoms with van der Waals surface area (Å²) in [7, 11) is -4.08. The van der Waals surface area contributed by atoms with E-state index in [-0.39, 0.29) is 27.6 Å². The molecule has 21 heavy (non-hydrogen) atoms.